The molecule has 1 rings (SSSR count). The quantitative estimate of drug-likeness (QED) is 0.850. The number of benzene rings is 1. The summed E-state index contributed by atoms with van der Waals surface area (Å²) in [6.07, 6.45) is 0. The number of hydrogen-bond acceptors (Lipinski definition) is 2. The first kappa shape index (κ1) is 13.1. The number of rotatable bonds is 4. The molecule has 0 spiro atoms. The van der Waals surface area contributed by atoms with Crippen molar-refractivity contribution in [3.8, 4) is 0 Å². The molecule has 1 amide bonds. The Kier molecular flexibility index (Phi) is 4.89. The fraction of sp³-hybridized carbons (Fsp3) is 0.364. The molecule has 1 aromatic carbocycles. The summed E-state index contributed by atoms with van der Waals surface area (Å²) >= 11 is 3.26. The predicted octanol–water partition coefficient (Wildman–Crippen LogP) is 2.19. The molecular formula is C11H13BrFNO2. The minimum absolute atomic E-state index is 0.00607. The highest BCUT2D eigenvalue weighted by Gasteiger charge is 2.11. The lowest BCUT2D eigenvalue weighted by atomic mass is 10.2. The maximum absolute atomic E-state index is 13.4. The van der Waals surface area contributed by atoms with Crippen molar-refractivity contribution in [3.63, 3.8) is 0 Å². The molecule has 5 heteroatoms. The molecule has 0 aromatic heterocycles. The standard InChI is InChI=1S/C11H13BrFNO2/c1-14(11(15)7-16-2)6-8-5-9(12)3-4-10(8)13/h3-5H,6-7H2,1-2H3. The maximum atomic E-state index is 13.4. The predicted molar refractivity (Wildman–Crippen MR) is 62.5 cm³/mol. The fourth-order valence-corrected chi connectivity index (χ4v) is 1.65. The van der Waals surface area contributed by atoms with E-state index in [0.29, 0.717) is 5.56 Å². The van der Waals surface area contributed by atoms with Crippen LogP contribution in [0.3, 0.4) is 0 Å². The molecule has 0 radical (unpaired) electrons. The van der Waals surface area contributed by atoms with Crippen molar-refractivity contribution in [2.75, 3.05) is 20.8 Å². The third kappa shape index (κ3) is 3.57. The number of likely N-dealkylation sites (N-methyl/N-ethyl adjacent to an activating group) is 1. The van der Waals surface area contributed by atoms with Crippen LogP contribution in [0.25, 0.3) is 0 Å². The fourth-order valence-electron chi connectivity index (χ4n) is 1.24. The minimum Gasteiger partial charge on any atom is -0.375 e. The van der Waals surface area contributed by atoms with Gasteiger partial charge in [-0.1, -0.05) is 15.9 Å². The largest absolute Gasteiger partial charge is 0.375 e. The third-order valence-electron chi connectivity index (χ3n) is 2.11. The normalized spacial score (nSPS) is 10.2. The number of amides is 1. The zero-order valence-corrected chi connectivity index (χ0v) is 10.8. The Morgan fingerprint density at radius 1 is 1.56 bits per heavy atom. The highest BCUT2D eigenvalue weighted by atomic mass is 79.9. The smallest absolute Gasteiger partial charge is 0.248 e. The van der Waals surface area contributed by atoms with Gasteiger partial charge >= 0.3 is 0 Å². The van der Waals surface area contributed by atoms with Crippen molar-refractivity contribution in [3.05, 3.63) is 34.1 Å². The van der Waals surface area contributed by atoms with E-state index < -0.39 is 0 Å². The van der Waals surface area contributed by atoms with E-state index in [0.717, 1.165) is 4.47 Å². The van der Waals surface area contributed by atoms with Gasteiger partial charge in [0, 0.05) is 30.7 Å². The number of ether oxygens (including phenoxy) is 1. The lowest BCUT2D eigenvalue weighted by molar-refractivity contribution is -0.134. The Morgan fingerprint density at radius 2 is 2.25 bits per heavy atom. The van der Waals surface area contributed by atoms with Crippen LogP contribution in [-0.4, -0.2) is 31.6 Å². The van der Waals surface area contributed by atoms with Gasteiger partial charge in [0.2, 0.25) is 5.91 Å². The van der Waals surface area contributed by atoms with Crippen LogP contribution in [0, 0.1) is 5.82 Å². The maximum Gasteiger partial charge on any atom is 0.248 e. The van der Waals surface area contributed by atoms with E-state index in [1.54, 1.807) is 19.2 Å². The van der Waals surface area contributed by atoms with Gasteiger partial charge in [-0.2, -0.15) is 0 Å². The summed E-state index contributed by atoms with van der Waals surface area (Å²) in [6, 6.07) is 4.65. The van der Waals surface area contributed by atoms with E-state index in [-0.39, 0.29) is 24.9 Å². The first-order valence-corrected chi connectivity index (χ1v) is 5.50. The molecular weight excluding hydrogens is 277 g/mol. The zero-order valence-electron chi connectivity index (χ0n) is 9.17. The van der Waals surface area contributed by atoms with Crippen LogP contribution in [0.2, 0.25) is 0 Å². The Hall–Kier alpha value is -0.940. The number of carbonyl (C=O) groups excluding carboxylic acids is 1. The van der Waals surface area contributed by atoms with Crippen LogP contribution in [0.4, 0.5) is 4.39 Å². The average Bonchev–Trinajstić information content (AvgIpc) is 2.23. The summed E-state index contributed by atoms with van der Waals surface area (Å²) in [4.78, 5) is 12.8. The molecule has 0 saturated heterocycles. The van der Waals surface area contributed by atoms with Gasteiger partial charge in [0.1, 0.15) is 12.4 Å². The summed E-state index contributed by atoms with van der Waals surface area (Å²) in [7, 11) is 3.06. The Bertz CT molecular complexity index is 384. The van der Waals surface area contributed by atoms with Crippen LogP contribution in [-0.2, 0) is 16.1 Å². The molecule has 1 aromatic rings. The lowest BCUT2D eigenvalue weighted by Crippen LogP contribution is -2.29. The van der Waals surface area contributed by atoms with E-state index in [1.807, 2.05) is 0 Å². The molecule has 0 heterocycles. The number of carbonyl (C=O) groups is 1. The van der Waals surface area contributed by atoms with Crippen LogP contribution in [0.15, 0.2) is 22.7 Å². The molecule has 0 unspecified atom stereocenters. The van der Waals surface area contributed by atoms with E-state index in [2.05, 4.69) is 15.9 Å². The van der Waals surface area contributed by atoms with Gasteiger partial charge < -0.3 is 9.64 Å². The van der Waals surface area contributed by atoms with Crippen LogP contribution in [0.1, 0.15) is 5.56 Å². The van der Waals surface area contributed by atoms with Crippen molar-refractivity contribution in [2.24, 2.45) is 0 Å². The number of halogens is 2. The van der Waals surface area contributed by atoms with Crippen LogP contribution in [0.5, 0.6) is 0 Å². The lowest BCUT2D eigenvalue weighted by Gasteiger charge is -2.17. The summed E-state index contributed by atoms with van der Waals surface area (Å²) < 4.78 is 18.9. The van der Waals surface area contributed by atoms with E-state index in [1.165, 1.54) is 18.1 Å². The van der Waals surface area contributed by atoms with Gasteiger partial charge in [-0.05, 0) is 18.2 Å². The minimum atomic E-state index is -0.319. The number of hydrogen-bond donors (Lipinski definition) is 0. The summed E-state index contributed by atoms with van der Waals surface area (Å²) in [6.45, 7) is 0.236. The second kappa shape index (κ2) is 5.96. The van der Waals surface area contributed by atoms with Crippen molar-refractivity contribution in [1.29, 1.82) is 0 Å². The average molecular weight is 290 g/mol. The molecule has 0 aliphatic heterocycles. The Morgan fingerprint density at radius 3 is 2.88 bits per heavy atom. The molecule has 88 valence electrons. The molecule has 0 aliphatic carbocycles. The number of nitrogens with zero attached hydrogens (tertiary/aromatic N) is 1. The van der Waals surface area contributed by atoms with Crippen LogP contribution < -0.4 is 0 Å². The molecule has 0 atom stereocenters. The highest BCUT2D eigenvalue weighted by Crippen LogP contribution is 2.16. The van der Waals surface area contributed by atoms with Gasteiger partial charge in [0.25, 0.3) is 0 Å². The Labute approximate surface area is 102 Å². The van der Waals surface area contributed by atoms with Crippen LogP contribution >= 0.6 is 15.9 Å². The first-order valence-electron chi connectivity index (χ1n) is 4.71. The monoisotopic (exact) mass is 289 g/mol. The summed E-state index contributed by atoms with van der Waals surface area (Å²) in [5.41, 5.74) is 0.473. The molecule has 16 heavy (non-hydrogen) atoms. The zero-order chi connectivity index (χ0) is 12.1. The molecule has 0 fully saturated rings. The summed E-state index contributed by atoms with van der Waals surface area (Å²) in [5, 5.41) is 0. The van der Waals surface area contributed by atoms with Crippen molar-refractivity contribution in [2.45, 2.75) is 6.54 Å². The third-order valence-corrected chi connectivity index (χ3v) is 2.60. The van der Waals surface area contributed by atoms with E-state index in [4.69, 9.17) is 4.74 Å². The van der Waals surface area contributed by atoms with Crippen molar-refractivity contribution < 1.29 is 13.9 Å². The first-order chi connectivity index (χ1) is 7.54. The summed E-state index contributed by atoms with van der Waals surface area (Å²) in [5.74, 6) is -0.498. The van der Waals surface area contributed by atoms with Gasteiger partial charge in [0.05, 0.1) is 0 Å². The number of methoxy groups -OCH3 is 1. The van der Waals surface area contributed by atoms with Gasteiger partial charge in [-0.3, -0.25) is 4.79 Å². The Balaban J connectivity index is 2.72. The topological polar surface area (TPSA) is 29.5 Å². The van der Waals surface area contributed by atoms with Crippen molar-refractivity contribution in [1.82, 2.24) is 4.90 Å². The molecule has 0 bridgehead atoms. The second-order valence-corrected chi connectivity index (χ2v) is 4.33. The van der Waals surface area contributed by atoms with Gasteiger partial charge in [-0.25, -0.2) is 4.39 Å². The second-order valence-electron chi connectivity index (χ2n) is 3.42. The SMILES string of the molecule is COCC(=O)N(C)Cc1cc(Br)ccc1F. The van der Waals surface area contributed by atoms with Gasteiger partial charge in [0.15, 0.2) is 0 Å². The molecule has 0 N–H and O–H groups in total. The van der Waals surface area contributed by atoms with Crippen molar-refractivity contribution >= 4 is 21.8 Å². The molecule has 0 saturated carbocycles. The van der Waals surface area contributed by atoms with Gasteiger partial charge in [-0.15, -0.1) is 0 Å². The molecule has 0 aliphatic rings. The van der Waals surface area contributed by atoms with E-state index in [9.17, 15) is 9.18 Å². The molecule has 3 nitrogen and oxygen atoms in total. The highest BCUT2D eigenvalue weighted by molar-refractivity contribution is 9.10. The van der Waals surface area contributed by atoms with E-state index >= 15 is 0 Å².